The molecule has 1 rings (SSSR count). The van der Waals surface area contributed by atoms with Gasteiger partial charge in [-0.2, -0.15) is 18.2 Å². The van der Waals surface area contributed by atoms with E-state index in [1.807, 2.05) is 0 Å². The number of nitrogens with one attached hydrogen (secondary N) is 2. The van der Waals surface area contributed by atoms with Gasteiger partial charge in [0.25, 0.3) is 0 Å². The van der Waals surface area contributed by atoms with Crippen LogP contribution < -0.4 is 15.5 Å². The summed E-state index contributed by atoms with van der Waals surface area (Å²) in [5, 5.41) is 4.93. The van der Waals surface area contributed by atoms with Crippen molar-refractivity contribution in [2.24, 2.45) is 0 Å². The number of hydrogen-bond acceptors (Lipinski definition) is 4. The Balaban J connectivity index is 2.76. The summed E-state index contributed by atoms with van der Waals surface area (Å²) in [5.41, 5.74) is -1.62. The van der Waals surface area contributed by atoms with E-state index in [4.69, 9.17) is 28.0 Å². The molecule has 1 aromatic heterocycles. The Bertz CT molecular complexity index is 651. The monoisotopic (exact) mass is 416 g/mol. The van der Waals surface area contributed by atoms with Crippen LogP contribution in [-0.4, -0.2) is 46.8 Å². The summed E-state index contributed by atoms with van der Waals surface area (Å²) in [6.45, 7) is 2.65. The maximum Gasteiger partial charge on any atom is 0.405 e. The largest absolute Gasteiger partial charge is 0.405 e. The van der Waals surface area contributed by atoms with Gasteiger partial charge >= 0.3 is 12.2 Å². The van der Waals surface area contributed by atoms with Crippen LogP contribution in [0.25, 0.3) is 0 Å². The van der Waals surface area contributed by atoms with Crippen molar-refractivity contribution in [3.63, 3.8) is 0 Å². The third-order valence-electron chi connectivity index (χ3n) is 2.90. The maximum absolute atomic E-state index is 12.3. The molecule has 1 heterocycles. The van der Waals surface area contributed by atoms with Crippen LogP contribution in [-0.2, 0) is 4.79 Å². The molecule has 0 atom stereocenters. The lowest BCUT2D eigenvalue weighted by Gasteiger charge is -2.29. The second-order valence-corrected chi connectivity index (χ2v) is 6.36. The highest BCUT2D eigenvalue weighted by Gasteiger charge is 2.35. The molecule has 0 aliphatic carbocycles. The van der Waals surface area contributed by atoms with E-state index in [0.29, 0.717) is 0 Å². The van der Waals surface area contributed by atoms with Crippen molar-refractivity contribution < 1.29 is 27.6 Å². The van der Waals surface area contributed by atoms with Crippen molar-refractivity contribution >= 4 is 35.1 Å². The average Bonchev–Trinajstić information content (AvgIpc) is 2.47. The number of halogens is 5. The van der Waals surface area contributed by atoms with Gasteiger partial charge in [-0.3, -0.25) is 4.79 Å². The molecule has 0 radical (unpaired) electrons. The SMILES string of the molecule is CCN(Oc1cc(Cl)nc(Cl)c1)C(=O)NC(C)(C)C(=O)NCC(F)(F)F. The van der Waals surface area contributed by atoms with Crippen LogP contribution in [0.4, 0.5) is 18.0 Å². The summed E-state index contributed by atoms with van der Waals surface area (Å²) in [7, 11) is 0. The summed E-state index contributed by atoms with van der Waals surface area (Å²) < 4.78 is 36.6. The van der Waals surface area contributed by atoms with Crippen molar-refractivity contribution in [3.8, 4) is 5.75 Å². The van der Waals surface area contributed by atoms with Crippen LogP contribution in [0, 0.1) is 0 Å². The molecule has 26 heavy (non-hydrogen) atoms. The number of hydroxylamine groups is 2. The highest BCUT2D eigenvalue weighted by molar-refractivity contribution is 6.32. The van der Waals surface area contributed by atoms with Gasteiger partial charge in [0.05, 0.1) is 6.54 Å². The summed E-state index contributed by atoms with van der Waals surface area (Å²) in [6.07, 6.45) is -4.56. The van der Waals surface area contributed by atoms with Gasteiger partial charge in [0, 0.05) is 12.1 Å². The Labute approximate surface area is 157 Å². The third kappa shape index (κ3) is 7.12. The molecule has 0 fully saturated rings. The van der Waals surface area contributed by atoms with Crippen molar-refractivity contribution in [3.05, 3.63) is 22.4 Å². The molecule has 0 unspecified atom stereocenters. The zero-order valence-corrected chi connectivity index (χ0v) is 15.6. The van der Waals surface area contributed by atoms with E-state index in [1.165, 1.54) is 26.0 Å². The van der Waals surface area contributed by atoms with Gasteiger partial charge in [-0.25, -0.2) is 9.78 Å². The number of carbonyl (C=O) groups excluding carboxylic acids is 2. The van der Waals surface area contributed by atoms with Gasteiger partial charge < -0.3 is 15.5 Å². The Morgan fingerprint density at radius 1 is 1.23 bits per heavy atom. The Hall–Kier alpha value is -1.94. The minimum atomic E-state index is -4.56. The highest BCUT2D eigenvalue weighted by Crippen LogP contribution is 2.21. The molecule has 12 heteroatoms. The van der Waals surface area contributed by atoms with E-state index in [9.17, 15) is 22.8 Å². The fourth-order valence-corrected chi connectivity index (χ4v) is 2.10. The first-order valence-electron chi connectivity index (χ1n) is 7.30. The van der Waals surface area contributed by atoms with Gasteiger partial charge in [0.2, 0.25) is 5.91 Å². The minimum absolute atomic E-state index is 0.0378. The third-order valence-corrected chi connectivity index (χ3v) is 3.29. The van der Waals surface area contributed by atoms with Crippen LogP contribution in [0.5, 0.6) is 5.75 Å². The van der Waals surface area contributed by atoms with Crippen LogP contribution in [0.1, 0.15) is 20.8 Å². The topological polar surface area (TPSA) is 83.6 Å². The molecule has 0 saturated carbocycles. The van der Waals surface area contributed by atoms with Gasteiger partial charge in [-0.15, -0.1) is 0 Å². The fourth-order valence-electron chi connectivity index (χ4n) is 1.66. The lowest BCUT2D eigenvalue weighted by atomic mass is 10.1. The molecule has 7 nitrogen and oxygen atoms in total. The van der Waals surface area contributed by atoms with Crippen molar-refractivity contribution in [1.82, 2.24) is 20.7 Å². The number of aromatic nitrogens is 1. The summed E-state index contributed by atoms with van der Waals surface area (Å²) in [5.74, 6) is -0.888. The molecular weight excluding hydrogens is 400 g/mol. The summed E-state index contributed by atoms with van der Waals surface area (Å²) in [6, 6.07) is 1.78. The Kier molecular flexibility index (Phi) is 7.34. The van der Waals surface area contributed by atoms with E-state index in [0.717, 1.165) is 5.06 Å². The first-order chi connectivity index (χ1) is 11.8. The maximum atomic E-state index is 12.3. The molecule has 0 bridgehead atoms. The fraction of sp³-hybridized carbons (Fsp3) is 0.500. The van der Waals surface area contributed by atoms with Crippen molar-refractivity contribution in [2.45, 2.75) is 32.5 Å². The first-order valence-corrected chi connectivity index (χ1v) is 8.05. The van der Waals surface area contributed by atoms with E-state index >= 15 is 0 Å². The van der Waals surface area contributed by atoms with E-state index in [1.54, 1.807) is 12.2 Å². The van der Waals surface area contributed by atoms with E-state index in [-0.39, 0.29) is 22.6 Å². The number of nitrogens with zero attached hydrogens (tertiary/aromatic N) is 2. The van der Waals surface area contributed by atoms with Crippen LogP contribution in [0.15, 0.2) is 12.1 Å². The van der Waals surface area contributed by atoms with Gasteiger partial charge in [0.1, 0.15) is 22.4 Å². The number of rotatable bonds is 6. The number of urea groups is 1. The number of pyridine rings is 1. The molecule has 0 spiro atoms. The number of hydrogen-bond donors (Lipinski definition) is 2. The average molecular weight is 417 g/mol. The second-order valence-electron chi connectivity index (χ2n) is 5.59. The van der Waals surface area contributed by atoms with Crippen LogP contribution >= 0.6 is 23.2 Å². The second kappa shape index (κ2) is 8.63. The van der Waals surface area contributed by atoms with Gasteiger partial charge in [-0.05, 0) is 20.8 Å². The lowest BCUT2D eigenvalue weighted by Crippen LogP contribution is -2.59. The Morgan fingerprint density at radius 3 is 2.23 bits per heavy atom. The summed E-state index contributed by atoms with van der Waals surface area (Å²) in [4.78, 5) is 33.2. The van der Waals surface area contributed by atoms with E-state index < -0.39 is 30.2 Å². The molecule has 0 aromatic carbocycles. The minimum Gasteiger partial charge on any atom is -0.375 e. The van der Waals surface area contributed by atoms with Gasteiger partial charge in [0.15, 0.2) is 5.75 Å². The molecule has 3 amide bonds. The highest BCUT2D eigenvalue weighted by atomic mass is 35.5. The predicted octanol–water partition coefficient (Wildman–Crippen LogP) is 3.17. The zero-order valence-electron chi connectivity index (χ0n) is 14.1. The Morgan fingerprint density at radius 2 is 1.77 bits per heavy atom. The molecule has 146 valence electrons. The predicted molar refractivity (Wildman–Crippen MR) is 88.9 cm³/mol. The van der Waals surface area contributed by atoms with Crippen LogP contribution in [0.2, 0.25) is 10.3 Å². The smallest absolute Gasteiger partial charge is 0.375 e. The van der Waals surface area contributed by atoms with Crippen molar-refractivity contribution in [1.29, 1.82) is 0 Å². The lowest BCUT2D eigenvalue weighted by molar-refractivity contribution is -0.141. The molecule has 0 saturated heterocycles. The van der Waals surface area contributed by atoms with Gasteiger partial charge in [-0.1, -0.05) is 23.2 Å². The quantitative estimate of drug-likeness (QED) is 0.550. The van der Waals surface area contributed by atoms with Crippen molar-refractivity contribution in [2.75, 3.05) is 13.1 Å². The molecular formula is C14H17Cl2F3N4O3. The molecule has 0 aliphatic heterocycles. The number of alkyl halides is 3. The van der Waals surface area contributed by atoms with E-state index in [2.05, 4.69) is 10.3 Å². The number of carbonyl (C=O) groups is 2. The number of amides is 3. The summed E-state index contributed by atoms with van der Waals surface area (Å²) >= 11 is 11.5. The van der Waals surface area contributed by atoms with Crippen LogP contribution in [0.3, 0.4) is 0 Å². The molecule has 1 aromatic rings. The standard InChI is InChI=1S/C14H17Cl2F3N4O3/c1-4-23(26-8-5-9(15)21-10(16)6-8)12(25)22-13(2,3)11(24)20-7-14(17,18)19/h5-6H,4,7H2,1-3H3,(H,20,24)(H,22,25). The first kappa shape index (κ1) is 22.1. The zero-order chi connectivity index (χ0) is 20.1. The normalized spacial score (nSPS) is 11.7. The molecule has 0 aliphatic rings. The molecule has 2 N–H and O–H groups in total.